The van der Waals surface area contributed by atoms with Crippen molar-refractivity contribution in [3.63, 3.8) is 0 Å². The van der Waals surface area contributed by atoms with Crippen LogP contribution in [0.3, 0.4) is 0 Å². The molecule has 0 radical (unpaired) electrons. The number of aromatic nitrogens is 1. The summed E-state index contributed by atoms with van der Waals surface area (Å²) in [5.74, 6) is 0.135. The van der Waals surface area contributed by atoms with E-state index in [1.807, 2.05) is 19.1 Å². The minimum absolute atomic E-state index is 0.364. The summed E-state index contributed by atoms with van der Waals surface area (Å²) in [7, 11) is 0. The Morgan fingerprint density at radius 1 is 1.25 bits per heavy atom. The minimum Gasteiger partial charge on any atom is -0.457 e. The van der Waals surface area contributed by atoms with Crippen LogP contribution < -0.4 is 5.73 Å². The van der Waals surface area contributed by atoms with Crippen LogP contribution in [-0.4, -0.2) is 4.98 Å². The monoisotopic (exact) mass is 334 g/mol. The van der Waals surface area contributed by atoms with E-state index < -0.39 is 6.04 Å². The Kier molecular flexibility index (Phi) is 3.31. The van der Waals surface area contributed by atoms with Gasteiger partial charge in [-0.15, -0.1) is 0 Å². The SMILES string of the molecule is Cc1ccc2oc(C(N)c3ccc(Br)cc3F)cc2n1. The molecule has 1 atom stereocenters. The number of nitrogens with two attached hydrogens (primary N) is 1. The second-order valence-corrected chi connectivity index (χ2v) is 5.54. The highest BCUT2D eigenvalue weighted by atomic mass is 79.9. The van der Waals surface area contributed by atoms with E-state index >= 15 is 0 Å². The molecule has 0 spiro atoms. The number of hydrogen-bond acceptors (Lipinski definition) is 3. The van der Waals surface area contributed by atoms with Gasteiger partial charge in [0.2, 0.25) is 0 Å². The molecule has 2 heterocycles. The smallest absolute Gasteiger partial charge is 0.152 e. The van der Waals surface area contributed by atoms with E-state index in [-0.39, 0.29) is 5.82 Å². The molecule has 3 rings (SSSR count). The number of nitrogens with zero attached hydrogens (tertiary/aromatic N) is 1. The number of fused-ring (bicyclic) bond motifs is 1. The summed E-state index contributed by atoms with van der Waals surface area (Å²) in [6.07, 6.45) is 0. The second-order valence-electron chi connectivity index (χ2n) is 4.63. The highest BCUT2D eigenvalue weighted by Crippen LogP contribution is 2.28. The van der Waals surface area contributed by atoms with Crippen LogP contribution in [0.4, 0.5) is 4.39 Å². The lowest BCUT2D eigenvalue weighted by atomic mass is 10.1. The maximum absolute atomic E-state index is 13.9. The maximum atomic E-state index is 13.9. The highest BCUT2D eigenvalue weighted by Gasteiger charge is 2.18. The molecular formula is C15H12BrFN2O. The Balaban J connectivity index is 2.05. The summed E-state index contributed by atoms with van der Waals surface area (Å²) in [4.78, 5) is 4.36. The number of furan rings is 1. The quantitative estimate of drug-likeness (QED) is 0.768. The molecule has 5 heteroatoms. The Morgan fingerprint density at radius 2 is 2.05 bits per heavy atom. The molecule has 0 bridgehead atoms. The predicted octanol–water partition coefficient (Wildman–Crippen LogP) is 4.09. The highest BCUT2D eigenvalue weighted by molar-refractivity contribution is 9.10. The van der Waals surface area contributed by atoms with Gasteiger partial charge in [-0.25, -0.2) is 9.37 Å². The fourth-order valence-corrected chi connectivity index (χ4v) is 2.44. The molecule has 3 aromatic rings. The summed E-state index contributed by atoms with van der Waals surface area (Å²) < 4.78 is 20.3. The number of aryl methyl sites for hydroxylation is 1. The Morgan fingerprint density at radius 3 is 2.80 bits per heavy atom. The van der Waals surface area contributed by atoms with Gasteiger partial charge in [-0.3, -0.25) is 0 Å². The normalized spacial score (nSPS) is 12.8. The first-order valence-corrected chi connectivity index (χ1v) is 6.91. The predicted molar refractivity (Wildman–Crippen MR) is 78.9 cm³/mol. The van der Waals surface area contributed by atoms with Gasteiger partial charge < -0.3 is 10.2 Å². The molecule has 102 valence electrons. The van der Waals surface area contributed by atoms with Gasteiger partial charge in [-0.05, 0) is 31.2 Å². The average Bonchev–Trinajstić information content (AvgIpc) is 2.81. The number of halogens is 2. The maximum Gasteiger partial charge on any atom is 0.152 e. The number of rotatable bonds is 2. The van der Waals surface area contributed by atoms with Gasteiger partial charge >= 0.3 is 0 Å². The van der Waals surface area contributed by atoms with Crippen LogP contribution in [0.2, 0.25) is 0 Å². The lowest BCUT2D eigenvalue weighted by Gasteiger charge is -2.10. The fourth-order valence-electron chi connectivity index (χ4n) is 2.11. The van der Waals surface area contributed by atoms with Crippen LogP contribution in [0.5, 0.6) is 0 Å². The van der Waals surface area contributed by atoms with Crippen LogP contribution >= 0.6 is 15.9 Å². The standard InChI is InChI=1S/C15H12BrFN2O/c1-8-2-5-13-12(19-8)7-14(20-13)15(18)10-4-3-9(16)6-11(10)17/h2-7,15H,18H2,1H3. The zero-order valence-electron chi connectivity index (χ0n) is 10.7. The van der Waals surface area contributed by atoms with E-state index in [4.69, 9.17) is 10.2 Å². The van der Waals surface area contributed by atoms with Gasteiger partial charge in [0.05, 0.1) is 6.04 Å². The van der Waals surface area contributed by atoms with Gasteiger partial charge in [0, 0.05) is 21.8 Å². The zero-order valence-corrected chi connectivity index (χ0v) is 12.3. The Labute approximate surface area is 123 Å². The molecule has 2 N–H and O–H groups in total. The second kappa shape index (κ2) is 5.00. The van der Waals surface area contributed by atoms with Crippen molar-refractivity contribution < 1.29 is 8.81 Å². The van der Waals surface area contributed by atoms with E-state index in [0.717, 1.165) is 11.2 Å². The molecular weight excluding hydrogens is 323 g/mol. The molecule has 0 saturated heterocycles. The first-order chi connectivity index (χ1) is 9.54. The minimum atomic E-state index is -0.655. The molecule has 0 aliphatic rings. The van der Waals surface area contributed by atoms with Gasteiger partial charge in [0.25, 0.3) is 0 Å². The Bertz CT molecular complexity index is 785. The van der Waals surface area contributed by atoms with Crippen LogP contribution in [0, 0.1) is 12.7 Å². The van der Waals surface area contributed by atoms with Crippen LogP contribution in [0.15, 0.2) is 45.3 Å². The largest absolute Gasteiger partial charge is 0.457 e. The van der Waals surface area contributed by atoms with Crippen LogP contribution in [0.25, 0.3) is 11.1 Å². The average molecular weight is 335 g/mol. The van der Waals surface area contributed by atoms with E-state index in [9.17, 15) is 4.39 Å². The van der Waals surface area contributed by atoms with Crippen LogP contribution in [-0.2, 0) is 0 Å². The van der Waals surface area contributed by atoms with Crippen molar-refractivity contribution in [2.75, 3.05) is 0 Å². The molecule has 0 fully saturated rings. The topological polar surface area (TPSA) is 52.0 Å². The van der Waals surface area contributed by atoms with Gasteiger partial charge in [0.15, 0.2) is 5.58 Å². The summed E-state index contributed by atoms with van der Waals surface area (Å²) in [5.41, 5.74) is 8.76. The lowest BCUT2D eigenvalue weighted by molar-refractivity contribution is 0.510. The third-order valence-electron chi connectivity index (χ3n) is 3.14. The zero-order chi connectivity index (χ0) is 14.3. The Hall–Kier alpha value is -1.72. The number of benzene rings is 1. The number of pyridine rings is 1. The van der Waals surface area contributed by atoms with Crippen molar-refractivity contribution in [2.24, 2.45) is 5.73 Å². The molecule has 1 unspecified atom stereocenters. The van der Waals surface area contributed by atoms with Crippen LogP contribution in [0.1, 0.15) is 23.1 Å². The third-order valence-corrected chi connectivity index (χ3v) is 3.63. The van der Waals surface area contributed by atoms with E-state index in [1.54, 1.807) is 18.2 Å². The summed E-state index contributed by atoms with van der Waals surface area (Å²) in [6.45, 7) is 1.90. The van der Waals surface area contributed by atoms with E-state index in [0.29, 0.717) is 21.4 Å². The molecule has 3 nitrogen and oxygen atoms in total. The molecule has 2 aromatic heterocycles. The van der Waals surface area contributed by atoms with Gasteiger partial charge in [-0.1, -0.05) is 22.0 Å². The van der Waals surface area contributed by atoms with E-state index in [1.165, 1.54) is 6.07 Å². The molecule has 1 aromatic carbocycles. The molecule has 20 heavy (non-hydrogen) atoms. The van der Waals surface area contributed by atoms with Gasteiger partial charge in [-0.2, -0.15) is 0 Å². The molecule has 0 saturated carbocycles. The van der Waals surface area contributed by atoms with Crippen molar-refractivity contribution in [2.45, 2.75) is 13.0 Å². The van der Waals surface area contributed by atoms with Crippen molar-refractivity contribution in [1.29, 1.82) is 0 Å². The number of hydrogen-bond donors (Lipinski definition) is 1. The molecule has 0 aliphatic heterocycles. The van der Waals surface area contributed by atoms with Crippen molar-refractivity contribution >= 4 is 27.0 Å². The molecule has 0 aliphatic carbocycles. The lowest BCUT2D eigenvalue weighted by Crippen LogP contribution is -2.12. The van der Waals surface area contributed by atoms with Crippen molar-refractivity contribution in [3.8, 4) is 0 Å². The third kappa shape index (κ3) is 2.34. The fraction of sp³-hybridized carbons (Fsp3) is 0.133. The van der Waals surface area contributed by atoms with Crippen molar-refractivity contribution in [3.05, 3.63) is 63.7 Å². The molecule has 0 amide bonds. The summed E-state index contributed by atoms with van der Waals surface area (Å²) in [6, 6.07) is 9.60. The summed E-state index contributed by atoms with van der Waals surface area (Å²) >= 11 is 3.22. The first-order valence-electron chi connectivity index (χ1n) is 6.12. The summed E-state index contributed by atoms with van der Waals surface area (Å²) in [5, 5.41) is 0. The van der Waals surface area contributed by atoms with E-state index in [2.05, 4.69) is 20.9 Å². The van der Waals surface area contributed by atoms with Gasteiger partial charge in [0.1, 0.15) is 17.1 Å². The first kappa shape index (κ1) is 13.3. The van der Waals surface area contributed by atoms with Crippen molar-refractivity contribution in [1.82, 2.24) is 4.98 Å².